The Morgan fingerprint density at radius 2 is 2.16 bits per heavy atom. The maximum absolute atomic E-state index is 12.1. The average molecular weight is 326 g/mol. The highest BCUT2D eigenvalue weighted by molar-refractivity contribution is 7.11. The number of carbonyl (C=O) groups excluding carboxylic acids is 1. The minimum absolute atomic E-state index is 0. The Kier molecular flexibility index (Phi) is 7.29. The maximum Gasteiger partial charge on any atom is 0.227 e. The summed E-state index contributed by atoms with van der Waals surface area (Å²) in [6.07, 6.45) is 0.916. The number of aromatic nitrogens is 1. The normalized spacial score (nSPS) is 21.4. The van der Waals surface area contributed by atoms with Crippen molar-refractivity contribution in [2.24, 2.45) is 5.41 Å². The quantitative estimate of drug-likeness (QED) is 0.895. The molecule has 1 fully saturated rings. The van der Waals surface area contributed by atoms with Crippen molar-refractivity contribution in [3.63, 3.8) is 0 Å². The summed E-state index contributed by atoms with van der Waals surface area (Å²) in [5.41, 5.74) is 0.788. The van der Waals surface area contributed by atoms with Crippen LogP contribution in [0.25, 0.3) is 0 Å². The molecule has 1 saturated heterocycles. The molecule has 1 aliphatic rings. The van der Waals surface area contributed by atoms with E-state index in [4.69, 9.17) is 0 Å². The lowest BCUT2D eigenvalue weighted by Gasteiger charge is -2.21. The number of nitrogens with one attached hydrogen (secondary N) is 2. The fourth-order valence-electron chi connectivity index (χ4n) is 2.12. The molecule has 0 aromatic carbocycles. The van der Waals surface area contributed by atoms with Crippen LogP contribution < -0.4 is 10.6 Å². The second-order valence-corrected chi connectivity index (χ2v) is 6.20. The molecular formula is C12H21Cl2N3OS. The molecule has 0 saturated carbocycles. The van der Waals surface area contributed by atoms with Crippen LogP contribution >= 0.6 is 36.2 Å². The SMILES string of the molecule is Cc1nc(C)c(CNC(=O)C2(C)CCNC2)s1.Cl.Cl. The van der Waals surface area contributed by atoms with Crippen molar-refractivity contribution in [1.82, 2.24) is 15.6 Å². The van der Waals surface area contributed by atoms with Gasteiger partial charge in [-0.2, -0.15) is 0 Å². The zero-order valence-electron chi connectivity index (χ0n) is 11.4. The van der Waals surface area contributed by atoms with E-state index >= 15 is 0 Å². The van der Waals surface area contributed by atoms with Crippen LogP contribution in [0.5, 0.6) is 0 Å². The summed E-state index contributed by atoms with van der Waals surface area (Å²) in [7, 11) is 0. The van der Waals surface area contributed by atoms with Crippen LogP contribution in [0.15, 0.2) is 0 Å². The third-order valence-corrected chi connectivity index (χ3v) is 4.40. The van der Waals surface area contributed by atoms with Gasteiger partial charge in [0.2, 0.25) is 5.91 Å². The molecule has 1 aliphatic heterocycles. The van der Waals surface area contributed by atoms with Gasteiger partial charge in [0.1, 0.15) is 0 Å². The first-order chi connectivity index (χ1) is 8.01. The van der Waals surface area contributed by atoms with Crippen LogP contribution in [0, 0.1) is 19.3 Å². The zero-order valence-corrected chi connectivity index (χ0v) is 13.9. The summed E-state index contributed by atoms with van der Waals surface area (Å²) < 4.78 is 0. The zero-order chi connectivity index (χ0) is 12.5. The Morgan fingerprint density at radius 1 is 1.47 bits per heavy atom. The van der Waals surface area contributed by atoms with Gasteiger partial charge in [-0.3, -0.25) is 4.79 Å². The molecule has 0 aliphatic carbocycles. The Hall–Kier alpha value is -0.360. The van der Waals surface area contributed by atoms with Crippen molar-refractivity contribution in [2.75, 3.05) is 13.1 Å². The van der Waals surface area contributed by atoms with E-state index in [1.165, 1.54) is 0 Å². The van der Waals surface area contributed by atoms with Crippen LogP contribution in [0.2, 0.25) is 0 Å². The maximum atomic E-state index is 12.1. The van der Waals surface area contributed by atoms with E-state index in [1.807, 2.05) is 20.8 Å². The minimum Gasteiger partial charge on any atom is -0.351 e. The summed E-state index contributed by atoms with van der Waals surface area (Å²) in [5.74, 6) is 0.146. The topological polar surface area (TPSA) is 54.0 Å². The molecule has 0 spiro atoms. The third kappa shape index (κ3) is 4.31. The predicted octanol–water partition coefficient (Wildman–Crippen LogP) is 2.22. The number of nitrogens with zero attached hydrogens (tertiary/aromatic N) is 1. The highest BCUT2D eigenvalue weighted by atomic mass is 35.5. The molecule has 1 aromatic heterocycles. The lowest BCUT2D eigenvalue weighted by Crippen LogP contribution is -2.39. The van der Waals surface area contributed by atoms with Crippen molar-refractivity contribution in [1.29, 1.82) is 0 Å². The molecule has 4 nitrogen and oxygen atoms in total. The number of hydrogen-bond acceptors (Lipinski definition) is 4. The van der Waals surface area contributed by atoms with Gasteiger partial charge in [0.25, 0.3) is 0 Å². The van der Waals surface area contributed by atoms with Gasteiger partial charge >= 0.3 is 0 Å². The molecule has 0 bridgehead atoms. The number of thiazole rings is 1. The molecule has 0 radical (unpaired) electrons. The lowest BCUT2D eigenvalue weighted by molar-refractivity contribution is -0.129. The van der Waals surface area contributed by atoms with E-state index in [1.54, 1.807) is 11.3 Å². The van der Waals surface area contributed by atoms with E-state index < -0.39 is 0 Å². The third-order valence-electron chi connectivity index (χ3n) is 3.33. The van der Waals surface area contributed by atoms with E-state index in [2.05, 4.69) is 15.6 Å². The first kappa shape index (κ1) is 18.6. The molecule has 2 N–H and O–H groups in total. The lowest BCUT2D eigenvalue weighted by atomic mass is 9.89. The van der Waals surface area contributed by atoms with Gasteiger partial charge < -0.3 is 10.6 Å². The van der Waals surface area contributed by atoms with Crippen molar-refractivity contribution in [2.45, 2.75) is 33.7 Å². The second-order valence-electron chi connectivity index (χ2n) is 4.91. The molecule has 1 unspecified atom stereocenters. The van der Waals surface area contributed by atoms with Crippen LogP contribution in [0.4, 0.5) is 0 Å². The molecule has 19 heavy (non-hydrogen) atoms. The molecular weight excluding hydrogens is 305 g/mol. The van der Waals surface area contributed by atoms with E-state index in [-0.39, 0.29) is 36.1 Å². The van der Waals surface area contributed by atoms with Gasteiger partial charge in [-0.1, -0.05) is 0 Å². The first-order valence-electron chi connectivity index (χ1n) is 5.93. The van der Waals surface area contributed by atoms with Crippen molar-refractivity contribution in [3.8, 4) is 0 Å². The number of amides is 1. The summed E-state index contributed by atoms with van der Waals surface area (Å²) >= 11 is 1.66. The van der Waals surface area contributed by atoms with Gasteiger partial charge in [0, 0.05) is 11.4 Å². The number of aryl methyl sites for hydroxylation is 2. The molecule has 2 rings (SSSR count). The molecule has 1 atom stereocenters. The Balaban J connectivity index is 0.00000162. The molecule has 1 aromatic rings. The van der Waals surface area contributed by atoms with Gasteiger partial charge in [-0.05, 0) is 33.7 Å². The number of rotatable bonds is 3. The average Bonchev–Trinajstić information content (AvgIpc) is 2.83. The molecule has 2 heterocycles. The fourth-order valence-corrected chi connectivity index (χ4v) is 3.00. The van der Waals surface area contributed by atoms with Gasteiger partial charge in [0.15, 0.2) is 0 Å². The van der Waals surface area contributed by atoms with Crippen molar-refractivity contribution >= 4 is 42.1 Å². The second kappa shape index (κ2) is 7.43. The van der Waals surface area contributed by atoms with Crippen LogP contribution in [-0.2, 0) is 11.3 Å². The number of hydrogen-bond donors (Lipinski definition) is 2. The predicted molar refractivity (Wildman–Crippen MR) is 83.5 cm³/mol. The van der Waals surface area contributed by atoms with Crippen LogP contribution in [0.1, 0.15) is 28.9 Å². The van der Waals surface area contributed by atoms with Crippen LogP contribution in [-0.4, -0.2) is 24.0 Å². The monoisotopic (exact) mass is 325 g/mol. The largest absolute Gasteiger partial charge is 0.351 e. The van der Waals surface area contributed by atoms with E-state index in [9.17, 15) is 4.79 Å². The minimum atomic E-state index is -0.242. The fraction of sp³-hybridized carbons (Fsp3) is 0.667. The standard InChI is InChI=1S/C12H19N3OS.2ClH/c1-8-10(17-9(2)15-8)6-14-11(16)12(3)4-5-13-7-12;;/h13H,4-7H2,1-3H3,(H,14,16);2*1H. The first-order valence-corrected chi connectivity index (χ1v) is 6.75. The summed E-state index contributed by atoms with van der Waals surface area (Å²) in [5, 5.41) is 7.32. The van der Waals surface area contributed by atoms with Crippen molar-refractivity contribution in [3.05, 3.63) is 15.6 Å². The van der Waals surface area contributed by atoms with E-state index in [0.29, 0.717) is 6.54 Å². The summed E-state index contributed by atoms with van der Waals surface area (Å²) in [4.78, 5) is 17.6. The highest BCUT2D eigenvalue weighted by Crippen LogP contribution is 2.25. The summed E-state index contributed by atoms with van der Waals surface area (Å²) in [6.45, 7) is 8.32. The molecule has 110 valence electrons. The Morgan fingerprint density at radius 3 is 2.63 bits per heavy atom. The van der Waals surface area contributed by atoms with Crippen LogP contribution in [0.3, 0.4) is 0 Å². The van der Waals surface area contributed by atoms with Gasteiger partial charge in [0.05, 0.1) is 22.7 Å². The smallest absolute Gasteiger partial charge is 0.227 e. The van der Waals surface area contributed by atoms with Gasteiger partial charge in [-0.15, -0.1) is 36.2 Å². The van der Waals surface area contributed by atoms with Gasteiger partial charge in [-0.25, -0.2) is 4.98 Å². The van der Waals surface area contributed by atoms with Crippen molar-refractivity contribution < 1.29 is 4.79 Å². The highest BCUT2D eigenvalue weighted by Gasteiger charge is 2.36. The number of carbonyl (C=O) groups is 1. The molecule has 1 amide bonds. The van der Waals surface area contributed by atoms with E-state index in [0.717, 1.165) is 35.1 Å². The number of halogens is 2. The Labute approximate surface area is 130 Å². The summed E-state index contributed by atoms with van der Waals surface area (Å²) in [6, 6.07) is 0. The Bertz CT molecular complexity index is 431. The molecule has 7 heteroatoms.